The lowest BCUT2D eigenvalue weighted by atomic mass is 10.0. The second-order valence-corrected chi connectivity index (χ2v) is 8.11. The van der Waals surface area contributed by atoms with Gasteiger partial charge in [-0.05, 0) is 38.0 Å². The summed E-state index contributed by atoms with van der Waals surface area (Å²) in [6.07, 6.45) is -2.71. The van der Waals surface area contributed by atoms with E-state index in [1.165, 1.54) is 17.7 Å². The summed E-state index contributed by atoms with van der Waals surface area (Å²) in [5.74, 6) is 0.535. The summed E-state index contributed by atoms with van der Waals surface area (Å²) in [5, 5.41) is 14.2. The number of anilines is 3. The van der Waals surface area contributed by atoms with Crippen molar-refractivity contribution in [2.24, 2.45) is 0 Å². The Morgan fingerprint density at radius 1 is 1.24 bits per heavy atom. The summed E-state index contributed by atoms with van der Waals surface area (Å²) in [6, 6.07) is 5.68. The van der Waals surface area contributed by atoms with Gasteiger partial charge in [-0.1, -0.05) is 17.3 Å². The van der Waals surface area contributed by atoms with Crippen LogP contribution in [0.15, 0.2) is 30.5 Å². The average molecular weight is 459 g/mol. The third kappa shape index (κ3) is 4.48. The number of aromatic nitrogens is 4. The number of benzene rings is 1. The Balaban J connectivity index is 1.47. The summed E-state index contributed by atoms with van der Waals surface area (Å²) >= 11 is 0. The van der Waals surface area contributed by atoms with Crippen molar-refractivity contribution in [3.8, 4) is 0 Å². The Morgan fingerprint density at radius 2 is 2.00 bits per heavy atom. The quantitative estimate of drug-likeness (QED) is 0.604. The lowest BCUT2D eigenvalue weighted by molar-refractivity contribution is -0.138. The predicted molar refractivity (Wildman–Crippen MR) is 118 cm³/mol. The number of rotatable bonds is 5. The topological polar surface area (TPSA) is 88.0 Å². The van der Waals surface area contributed by atoms with Crippen LogP contribution in [-0.4, -0.2) is 39.0 Å². The fraction of sp³-hybridized carbons (Fsp3) is 0.364. The molecule has 3 heterocycles. The number of halogens is 3. The van der Waals surface area contributed by atoms with Crippen molar-refractivity contribution >= 4 is 23.1 Å². The number of carbonyl (C=O) groups is 1. The van der Waals surface area contributed by atoms with Crippen LogP contribution in [0.1, 0.15) is 35.0 Å². The van der Waals surface area contributed by atoms with Crippen molar-refractivity contribution in [1.29, 1.82) is 0 Å². The van der Waals surface area contributed by atoms with E-state index in [0.29, 0.717) is 35.0 Å². The molecule has 0 aliphatic carbocycles. The van der Waals surface area contributed by atoms with E-state index in [1.807, 2.05) is 31.9 Å². The van der Waals surface area contributed by atoms with Gasteiger partial charge < -0.3 is 15.5 Å². The highest BCUT2D eigenvalue weighted by Gasteiger charge is 2.33. The van der Waals surface area contributed by atoms with Gasteiger partial charge in [-0.25, -0.2) is 9.67 Å². The summed E-state index contributed by atoms with van der Waals surface area (Å²) in [5.41, 5.74) is 2.91. The van der Waals surface area contributed by atoms with Crippen LogP contribution >= 0.6 is 0 Å². The van der Waals surface area contributed by atoms with E-state index in [1.54, 1.807) is 12.3 Å². The van der Waals surface area contributed by atoms with E-state index in [0.717, 1.165) is 11.8 Å². The molecule has 4 rings (SSSR count). The Kier molecular flexibility index (Phi) is 5.73. The van der Waals surface area contributed by atoms with Crippen molar-refractivity contribution in [2.75, 3.05) is 22.6 Å². The van der Waals surface area contributed by atoms with E-state index in [2.05, 4.69) is 25.9 Å². The van der Waals surface area contributed by atoms with Crippen LogP contribution in [0.25, 0.3) is 0 Å². The molecule has 1 amide bonds. The fourth-order valence-electron chi connectivity index (χ4n) is 3.81. The number of hydrogen-bond donors (Lipinski definition) is 2. The van der Waals surface area contributed by atoms with E-state index < -0.39 is 11.7 Å². The maximum absolute atomic E-state index is 13.2. The van der Waals surface area contributed by atoms with Crippen LogP contribution in [0.2, 0.25) is 0 Å². The Morgan fingerprint density at radius 3 is 2.73 bits per heavy atom. The largest absolute Gasteiger partial charge is 0.416 e. The van der Waals surface area contributed by atoms with Gasteiger partial charge in [0.2, 0.25) is 5.91 Å². The van der Waals surface area contributed by atoms with Crippen LogP contribution in [-0.2, 0) is 24.1 Å². The molecule has 0 bridgehead atoms. The minimum Gasteiger partial charge on any atom is -0.364 e. The van der Waals surface area contributed by atoms with Gasteiger partial charge in [0, 0.05) is 13.1 Å². The van der Waals surface area contributed by atoms with Crippen LogP contribution in [0.5, 0.6) is 0 Å². The van der Waals surface area contributed by atoms with E-state index in [-0.39, 0.29) is 24.1 Å². The number of pyridine rings is 1. The number of nitrogens with one attached hydrogen (secondary N) is 2. The van der Waals surface area contributed by atoms with Crippen molar-refractivity contribution in [1.82, 2.24) is 20.0 Å². The summed E-state index contributed by atoms with van der Waals surface area (Å²) < 4.78 is 41.0. The molecule has 1 atom stereocenters. The van der Waals surface area contributed by atoms with E-state index in [9.17, 15) is 18.0 Å². The maximum atomic E-state index is 13.2. The molecule has 2 aromatic heterocycles. The minimum atomic E-state index is -4.40. The summed E-state index contributed by atoms with van der Waals surface area (Å²) in [6.45, 7) is 5.62. The zero-order valence-electron chi connectivity index (χ0n) is 18.7. The van der Waals surface area contributed by atoms with Gasteiger partial charge in [0.1, 0.15) is 17.6 Å². The highest BCUT2D eigenvalue weighted by atomic mass is 19.4. The van der Waals surface area contributed by atoms with Gasteiger partial charge >= 0.3 is 6.18 Å². The zero-order valence-corrected chi connectivity index (χ0v) is 18.7. The number of nitrogens with zero attached hydrogens (tertiary/aromatic N) is 5. The molecule has 0 spiro atoms. The maximum Gasteiger partial charge on any atom is 0.416 e. The Bertz CT molecular complexity index is 1210. The predicted octanol–water partition coefficient (Wildman–Crippen LogP) is 3.75. The van der Waals surface area contributed by atoms with Crippen molar-refractivity contribution in [3.63, 3.8) is 0 Å². The molecule has 2 N–H and O–H groups in total. The monoisotopic (exact) mass is 459 g/mol. The number of fused-ring (bicyclic) bond motifs is 1. The summed E-state index contributed by atoms with van der Waals surface area (Å²) in [7, 11) is 1.85. The first-order valence-corrected chi connectivity index (χ1v) is 10.4. The molecule has 1 aliphatic rings. The normalized spacial score (nSPS) is 15.9. The molecular formula is C22H24F3N7O. The molecule has 0 fully saturated rings. The molecular weight excluding hydrogens is 435 g/mol. The van der Waals surface area contributed by atoms with Crippen molar-refractivity contribution < 1.29 is 18.0 Å². The number of hydrogen-bond acceptors (Lipinski definition) is 6. The third-order valence-electron chi connectivity index (χ3n) is 5.89. The third-order valence-corrected chi connectivity index (χ3v) is 5.89. The first-order valence-electron chi connectivity index (χ1n) is 10.4. The van der Waals surface area contributed by atoms with Gasteiger partial charge in [-0.3, -0.25) is 4.79 Å². The molecule has 0 unspecified atom stereocenters. The lowest BCUT2D eigenvalue weighted by Gasteiger charge is -2.34. The van der Waals surface area contributed by atoms with Gasteiger partial charge in [-0.15, -0.1) is 5.10 Å². The Hall–Kier alpha value is -3.63. The molecule has 33 heavy (non-hydrogen) atoms. The molecule has 8 nitrogen and oxygen atoms in total. The summed E-state index contributed by atoms with van der Waals surface area (Å²) in [4.78, 5) is 18.5. The standard InChI is InChI=1S/C22H24F3N7O/c1-12-15(6-5-7-17(12)22(23,24)25)10-32-11-16(29-30-32)9-26-19-8-18-20(13(2)27-19)28-21(33)14(3)31(18)4/h5-8,11,14H,9-10H2,1-4H3,(H,26,27)(H,28,33)/t14-/m0/s1. The van der Waals surface area contributed by atoms with Crippen molar-refractivity contribution in [3.05, 3.63) is 58.5 Å². The smallest absolute Gasteiger partial charge is 0.364 e. The van der Waals surface area contributed by atoms with Crippen LogP contribution in [0.3, 0.4) is 0 Å². The number of amides is 1. The van der Waals surface area contributed by atoms with Gasteiger partial charge in [0.15, 0.2) is 0 Å². The van der Waals surface area contributed by atoms with E-state index >= 15 is 0 Å². The van der Waals surface area contributed by atoms with Crippen LogP contribution in [0, 0.1) is 13.8 Å². The molecule has 0 saturated carbocycles. The van der Waals surface area contributed by atoms with Gasteiger partial charge in [0.05, 0.1) is 41.9 Å². The van der Waals surface area contributed by atoms with Crippen molar-refractivity contribution in [2.45, 2.75) is 46.1 Å². The highest BCUT2D eigenvalue weighted by molar-refractivity contribution is 6.04. The minimum absolute atomic E-state index is 0.0803. The molecule has 0 radical (unpaired) electrons. The average Bonchev–Trinajstić information content (AvgIpc) is 3.19. The molecule has 174 valence electrons. The second kappa shape index (κ2) is 8.38. The van der Waals surface area contributed by atoms with Gasteiger partial charge in [-0.2, -0.15) is 13.2 Å². The van der Waals surface area contributed by atoms with Crippen LogP contribution < -0.4 is 15.5 Å². The van der Waals surface area contributed by atoms with E-state index in [4.69, 9.17) is 0 Å². The van der Waals surface area contributed by atoms with Gasteiger partial charge in [0.25, 0.3) is 0 Å². The first kappa shape index (κ1) is 22.6. The molecule has 1 aliphatic heterocycles. The molecule has 0 saturated heterocycles. The number of carbonyl (C=O) groups excluding carboxylic acids is 1. The second-order valence-electron chi connectivity index (χ2n) is 8.11. The molecule has 11 heteroatoms. The molecule has 3 aromatic rings. The number of aryl methyl sites for hydroxylation is 1. The SMILES string of the molecule is Cc1nc(NCc2cn(Cc3cccc(C(F)(F)F)c3C)nn2)cc2c1NC(=O)[C@H](C)N2C. The number of alkyl halides is 3. The zero-order chi connectivity index (χ0) is 23.9. The first-order chi connectivity index (χ1) is 15.5. The Labute approximate surface area is 188 Å². The highest BCUT2D eigenvalue weighted by Crippen LogP contribution is 2.35. The van der Waals surface area contributed by atoms with Crippen LogP contribution in [0.4, 0.5) is 30.4 Å². The fourth-order valence-corrected chi connectivity index (χ4v) is 3.81. The number of likely N-dealkylation sites (N-methyl/N-ethyl adjacent to an activating group) is 1. The molecule has 1 aromatic carbocycles. The lowest BCUT2D eigenvalue weighted by Crippen LogP contribution is -2.44.